The Kier molecular flexibility index (Phi) is 3.74. The summed E-state index contributed by atoms with van der Waals surface area (Å²) in [6.45, 7) is 3.22. The number of hydrogen-bond donors (Lipinski definition) is 1. The summed E-state index contributed by atoms with van der Waals surface area (Å²) in [4.78, 5) is 0. The minimum Gasteiger partial charge on any atom is -0.330 e. The lowest BCUT2D eigenvalue weighted by molar-refractivity contribution is 0.314. The number of aryl methyl sites for hydroxylation is 1. The fraction of sp³-hybridized carbons (Fsp3) is 0.462. The molecule has 0 saturated carbocycles. The smallest absolute Gasteiger partial charge is 0.107 e. The number of rotatable bonds is 5. The van der Waals surface area contributed by atoms with Crippen molar-refractivity contribution >= 4 is 10.9 Å². The highest BCUT2D eigenvalue weighted by molar-refractivity contribution is 5.81. The summed E-state index contributed by atoms with van der Waals surface area (Å²) in [5.41, 5.74) is 7.27. The van der Waals surface area contributed by atoms with Gasteiger partial charge in [0.05, 0.1) is 11.2 Å². The number of para-hydroxylation sites is 1. The summed E-state index contributed by atoms with van der Waals surface area (Å²) in [7, 11) is 0. The molecule has 1 heterocycles. The van der Waals surface area contributed by atoms with Crippen molar-refractivity contribution < 1.29 is 4.39 Å². The third-order valence-corrected chi connectivity index (χ3v) is 2.93. The molecule has 0 spiro atoms. The van der Waals surface area contributed by atoms with Gasteiger partial charge in [-0.2, -0.15) is 5.10 Å². The van der Waals surface area contributed by atoms with E-state index in [-0.39, 0.29) is 0 Å². The van der Waals surface area contributed by atoms with Crippen molar-refractivity contribution in [3.63, 3.8) is 0 Å². The average Bonchev–Trinajstić information content (AvgIpc) is 2.68. The number of aromatic nitrogens is 2. The van der Waals surface area contributed by atoms with Crippen LogP contribution in [0.3, 0.4) is 0 Å². The molecule has 3 nitrogen and oxygen atoms in total. The quantitative estimate of drug-likeness (QED) is 0.864. The van der Waals surface area contributed by atoms with E-state index in [0.29, 0.717) is 19.4 Å². The normalized spacial score (nSPS) is 13.1. The first-order valence-corrected chi connectivity index (χ1v) is 6.04. The Morgan fingerprint density at radius 2 is 2.18 bits per heavy atom. The van der Waals surface area contributed by atoms with Gasteiger partial charge in [-0.25, -0.2) is 4.39 Å². The molecule has 0 aliphatic rings. The number of nitrogens with zero attached hydrogens (tertiary/aromatic N) is 2. The highest BCUT2D eigenvalue weighted by Crippen LogP contribution is 2.20. The van der Waals surface area contributed by atoms with Crippen molar-refractivity contribution in [1.82, 2.24) is 9.78 Å². The SMILES string of the molecule is CCn1nc(CC(F)CCN)c2ccccc21. The van der Waals surface area contributed by atoms with Gasteiger partial charge in [0.1, 0.15) is 6.17 Å². The van der Waals surface area contributed by atoms with Gasteiger partial charge in [-0.3, -0.25) is 4.68 Å². The molecule has 2 rings (SSSR count). The van der Waals surface area contributed by atoms with Crippen LogP contribution in [0.25, 0.3) is 10.9 Å². The third kappa shape index (κ3) is 2.47. The Labute approximate surface area is 100 Å². The Morgan fingerprint density at radius 1 is 1.41 bits per heavy atom. The fourth-order valence-electron chi connectivity index (χ4n) is 2.08. The molecule has 0 aliphatic heterocycles. The molecule has 2 aromatic rings. The Morgan fingerprint density at radius 3 is 2.88 bits per heavy atom. The second kappa shape index (κ2) is 5.27. The topological polar surface area (TPSA) is 43.8 Å². The lowest BCUT2D eigenvalue weighted by atomic mass is 10.1. The highest BCUT2D eigenvalue weighted by Gasteiger charge is 2.14. The van der Waals surface area contributed by atoms with E-state index >= 15 is 0 Å². The van der Waals surface area contributed by atoms with E-state index < -0.39 is 6.17 Å². The number of hydrogen-bond acceptors (Lipinski definition) is 2. The van der Waals surface area contributed by atoms with Crippen molar-refractivity contribution in [2.75, 3.05) is 6.54 Å². The van der Waals surface area contributed by atoms with E-state index in [0.717, 1.165) is 23.1 Å². The van der Waals surface area contributed by atoms with Gasteiger partial charge < -0.3 is 5.73 Å². The number of halogens is 1. The molecule has 1 atom stereocenters. The van der Waals surface area contributed by atoms with Crippen LogP contribution in [0.4, 0.5) is 4.39 Å². The fourth-order valence-corrected chi connectivity index (χ4v) is 2.08. The van der Waals surface area contributed by atoms with Gasteiger partial charge in [-0.1, -0.05) is 18.2 Å². The van der Waals surface area contributed by atoms with E-state index in [1.165, 1.54) is 0 Å². The average molecular weight is 235 g/mol. The molecule has 0 fully saturated rings. The minimum atomic E-state index is -0.899. The van der Waals surface area contributed by atoms with Gasteiger partial charge in [0, 0.05) is 18.4 Å². The molecule has 0 saturated heterocycles. The van der Waals surface area contributed by atoms with Crippen LogP contribution in [0.1, 0.15) is 19.0 Å². The molecule has 0 bridgehead atoms. The zero-order valence-electron chi connectivity index (χ0n) is 10.1. The first kappa shape index (κ1) is 12.0. The number of nitrogens with two attached hydrogens (primary N) is 1. The molecule has 1 aromatic carbocycles. The second-order valence-corrected chi connectivity index (χ2v) is 4.16. The summed E-state index contributed by atoms with van der Waals surface area (Å²) in [5, 5.41) is 5.52. The largest absolute Gasteiger partial charge is 0.330 e. The molecule has 92 valence electrons. The summed E-state index contributed by atoms with van der Waals surface area (Å²) >= 11 is 0. The van der Waals surface area contributed by atoms with Crippen molar-refractivity contribution in [2.24, 2.45) is 5.73 Å². The minimum absolute atomic E-state index is 0.352. The van der Waals surface area contributed by atoms with Crippen molar-refractivity contribution in [3.8, 4) is 0 Å². The van der Waals surface area contributed by atoms with Crippen LogP contribution in [0.5, 0.6) is 0 Å². The first-order chi connectivity index (χ1) is 8.26. The molecule has 2 N–H and O–H groups in total. The van der Waals surface area contributed by atoms with Crippen LogP contribution in [-0.4, -0.2) is 22.5 Å². The predicted molar refractivity (Wildman–Crippen MR) is 67.7 cm³/mol. The molecular weight excluding hydrogens is 217 g/mol. The number of benzene rings is 1. The predicted octanol–water partition coefficient (Wildman–Crippen LogP) is 2.29. The van der Waals surface area contributed by atoms with Crippen molar-refractivity contribution in [2.45, 2.75) is 32.5 Å². The Bertz CT molecular complexity index is 492. The van der Waals surface area contributed by atoms with Gasteiger partial charge in [0.2, 0.25) is 0 Å². The molecule has 0 radical (unpaired) electrons. The van der Waals surface area contributed by atoms with Crippen LogP contribution in [0.2, 0.25) is 0 Å². The highest BCUT2D eigenvalue weighted by atomic mass is 19.1. The van der Waals surface area contributed by atoms with Gasteiger partial charge in [0.25, 0.3) is 0 Å². The van der Waals surface area contributed by atoms with Gasteiger partial charge >= 0.3 is 0 Å². The zero-order chi connectivity index (χ0) is 12.3. The molecule has 1 aromatic heterocycles. The monoisotopic (exact) mass is 235 g/mol. The van der Waals surface area contributed by atoms with Crippen LogP contribution in [0.15, 0.2) is 24.3 Å². The Balaban J connectivity index is 2.33. The Hall–Kier alpha value is -1.42. The van der Waals surface area contributed by atoms with Gasteiger partial charge in [0.15, 0.2) is 0 Å². The lowest BCUT2D eigenvalue weighted by Crippen LogP contribution is -2.12. The van der Waals surface area contributed by atoms with E-state index in [1.807, 2.05) is 35.9 Å². The van der Waals surface area contributed by atoms with Crippen LogP contribution >= 0.6 is 0 Å². The van der Waals surface area contributed by atoms with E-state index in [4.69, 9.17) is 5.73 Å². The van der Waals surface area contributed by atoms with Crippen molar-refractivity contribution in [1.29, 1.82) is 0 Å². The molecule has 17 heavy (non-hydrogen) atoms. The van der Waals surface area contributed by atoms with Gasteiger partial charge in [-0.05, 0) is 26.0 Å². The van der Waals surface area contributed by atoms with Crippen LogP contribution in [0, 0.1) is 0 Å². The lowest BCUT2D eigenvalue weighted by Gasteiger charge is -2.03. The summed E-state index contributed by atoms with van der Waals surface area (Å²) in [6.07, 6.45) is -0.151. The summed E-state index contributed by atoms with van der Waals surface area (Å²) < 4.78 is 15.5. The molecular formula is C13H18FN3. The number of fused-ring (bicyclic) bond motifs is 1. The summed E-state index contributed by atoms with van der Waals surface area (Å²) in [5.74, 6) is 0. The van der Waals surface area contributed by atoms with E-state index in [1.54, 1.807) is 0 Å². The molecule has 4 heteroatoms. The summed E-state index contributed by atoms with van der Waals surface area (Å²) in [6, 6.07) is 7.96. The van der Waals surface area contributed by atoms with Crippen molar-refractivity contribution in [3.05, 3.63) is 30.0 Å². The van der Waals surface area contributed by atoms with Crippen LogP contribution < -0.4 is 5.73 Å². The maximum atomic E-state index is 13.6. The molecule has 0 aliphatic carbocycles. The van der Waals surface area contributed by atoms with E-state index in [9.17, 15) is 4.39 Å². The molecule has 1 unspecified atom stereocenters. The first-order valence-electron chi connectivity index (χ1n) is 6.04. The third-order valence-electron chi connectivity index (χ3n) is 2.93. The van der Waals surface area contributed by atoms with E-state index in [2.05, 4.69) is 5.10 Å². The maximum Gasteiger partial charge on any atom is 0.107 e. The molecule has 0 amide bonds. The zero-order valence-corrected chi connectivity index (χ0v) is 10.1. The van der Waals surface area contributed by atoms with Crippen LogP contribution in [-0.2, 0) is 13.0 Å². The maximum absolute atomic E-state index is 13.6. The number of alkyl halides is 1. The standard InChI is InChI=1S/C13H18FN3/c1-2-17-13-6-4-3-5-11(13)12(16-17)9-10(14)7-8-15/h3-6,10H,2,7-9,15H2,1H3. The van der Waals surface area contributed by atoms with Gasteiger partial charge in [-0.15, -0.1) is 0 Å². The second-order valence-electron chi connectivity index (χ2n) is 4.16.